The largest absolute Gasteiger partial charge is 0.355 e. The summed E-state index contributed by atoms with van der Waals surface area (Å²) in [7, 11) is 0. The molecule has 0 aliphatic carbocycles. The Morgan fingerprint density at radius 3 is 3.14 bits per heavy atom. The molecule has 2 rings (SSSR count). The Kier molecular flexibility index (Phi) is 6.19. The average Bonchev–Trinajstić information content (AvgIpc) is 3.13. The van der Waals surface area contributed by atoms with Crippen molar-refractivity contribution in [3.05, 3.63) is 22.4 Å². The van der Waals surface area contributed by atoms with Gasteiger partial charge in [-0.05, 0) is 35.2 Å². The predicted octanol–water partition coefficient (Wildman–Crippen LogP) is 1.98. The van der Waals surface area contributed by atoms with Crippen molar-refractivity contribution in [2.75, 3.05) is 6.54 Å². The Labute approximate surface area is 132 Å². The van der Waals surface area contributed by atoms with Gasteiger partial charge < -0.3 is 5.32 Å². The summed E-state index contributed by atoms with van der Waals surface area (Å²) in [5.41, 5.74) is 0. The molecule has 1 atom stereocenters. The first-order valence-electron chi connectivity index (χ1n) is 6.93. The summed E-state index contributed by atoms with van der Waals surface area (Å²) in [6.07, 6.45) is 1.83. The van der Waals surface area contributed by atoms with Gasteiger partial charge in [0.1, 0.15) is 0 Å². The zero-order valence-corrected chi connectivity index (χ0v) is 13.8. The van der Waals surface area contributed by atoms with E-state index in [1.165, 1.54) is 16.6 Å². The van der Waals surface area contributed by atoms with Crippen molar-refractivity contribution in [1.82, 2.24) is 25.5 Å². The van der Waals surface area contributed by atoms with Crippen LogP contribution in [0.15, 0.2) is 22.7 Å². The molecule has 0 fully saturated rings. The molecule has 0 aromatic carbocycles. The van der Waals surface area contributed by atoms with Crippen LogP contribution in [0.4, 0.5) is 0 Å². The highest BCUT2D eigenvalue weighted by atomic mass is 32.2. The molecule has 0 spiro atoms. The zero-order chi connectivity index (χ0) is 15.1. The molecular formula is C13H19N5OS2. The Hall–Kier alpha value is -1.41. The molecule has 8 heteroatoms. The highest BCUT2D eigenvalue weighted by Crippen LogP contribution is 2.20. The fourth-order valence-electron chi connectivity index (χ4n) is 1.70. The number of rotatable bonds is 8. The van der Waals surface area contributed by atoms with E-state index in [2.05, 4.69) is 32.3 Å². The van der Waals surface area contributed by atoms with Gasteiger partial charge >= 0.3 is 0 Å². The quantitative estimate of drug-likeness (QED) is 0.751. The maximum Gasteiger partial charge on any atom is 0.233 e. The van der Waals surface area contributed by atoms with E-state index < -0.39 is 0 Å². The van der Waals surface area contributed by atoms with Crippen LogP contribution in [-0.4, -0.2) is 37.9 Å². The average molecular weight is 325 g/mol. The van der Waals surface area contributed by atoms with Crippen LogP contribution in [0.3, 0.4) is 0 Å². The minimum atomic E-state index is -0.206. The van der Waals surface area contributed by atoms with Gasteiger partial charge in [-0.2, -0.15) is 0 Å². The van der Waals surface area contributed by atoms with E-state index in [0.29, 0.717) is 11.7 Å². The van der Waals surface area contributed by atoms with Gasteiger partial charge in [-0.3, -0.25) is 4.79 Å². The molecule has 2 heterocycles. The van der Waals surface area contributed by atoms with Crippen LogP contribution in [-0.2, 0) is 17.8 Å². The number of amides is 1. The maximum absolute atomic E-state index is 11.9. The molecule has 0 aliphatic rings. The molecule has 21 heavy (non-hydrogen) atoms. The first-order chi connectivity index (χ1) is 10.2. The summed E-state index contributed by atoms with van der Waals surface area (Å²) in [4.78, 5) is 13.2. The molecule has 1 N–H and O–H groups in total. The van der Waals surface area contributed by atoms with E-state index in [1.807, 2.05) is 19.9 Å². The van der Waals surface area contributed by atoms with Crippen LogP contribution in [0.2, 0.25) is 0 Å². The van der Waals surface area contributed by atoms with Gasteiger partial charge in [-0.25, -0.2) is 4.68 Å². The Morgan fingerprint density at radius 1 is 1.57 bits per heavy atom. The molecule has 2 aromatic heterocycles. The molecule has 0 bridgehead atoms. The third-order valence-electron chi connectivity index (χ3n) is 2.85. The number of nitrogens with zero attached hydrogens (tertiary/aromatic N) is 4. The smallest absolute Gasteiger partial charge is 0.233 e. The van der Waals surface area contributed by atoms with Crippen LogP contribution in [0.25, 0.3) is 0 Å². The standard InChI is InChI=1S/C13H19N5OS2/c1-3-7-14-12(19)10(2)21-13-15-16-17-18(13)8-6-11-5-4-9-20-11/h4-5,9-10H,3,6-8H2,1-2H3,(H,14,19)/t10-/m1/s1. The molecule has 0 aliphatic heterocycles. The van der Waals surface area contributed by atoms with Crippen molar-refractivity contribution in [2.24, 2.45) is 0 Å². The van der Waals surface area contributed by atoms with Crippen LogP contribution in [0.1, 0.15) is 25.1 Å². The van der Waals surface area contributed by atoms with Gasteiger partial charge in [-0.15, -0.1) is 16.4 Å². The molecule has 114 valence electrons. The van der Waals surface area contributed by atoms with Crippen molar-refractivity contribution >= 4 is 29.0 Å². The number of hydrogen-bond donors (Lipinski definition) is 1. The van der Waals surface area contributed by atoms with Crippen molar-refractivity contribution in [2.45, 2.75) is 43.6 Å². The summed E-state index contributed by atoms with van der Waals surface area (Å²) < 4.78 is 1.76. The van der Waals surface area contributed by atoms with Crippen LogP contribution in [0.5, 0.6) is 0 Å². The number of aryl methyl sites for hydroxylation is 2. The second-order valence-corrected chi connectivity index (χ2v) is 6.91. The molecule has 0 saturated heterocycles. The normalized spacial score (nSPS) is 12.3. The lowest BCUT2D eigenvalue weighted by molar-refractivity contribution is -0.120. The summed E-state index contributed by atoms with van der Waals surface area (Å²) in [5.74, 6) is 0.0228. The number of thiophene rings is 1. The zero-order valence-electron chi connectivity index (χ0n) is 12.2. The number of nitrogens with one attached hydrogen (secondary N) is 1. The second kappa shape index (κ2) is 8.14. The molecule has 2 aromatic rings. The summed E-state index contributed by atoms with van der Waals surface area (Å²) in [6, 6.07) is 4.14. The molecule has 0 radical (unpaired) electrons. The van der Waals surface area contributed by atoms with Gasteiger partial charge in [-0.1, -0.05) is 24.8 Å². The third-order valence-corrected chi connectivity index (χ3v) is 4.86. The highest BCUT2D eigenvalue weighted by molar-refractivity contribution is 8.00. The van der Waals surface area contributed by atoms with Gasteiger partial charge in [0.05, 0.1) is 11.8 Å². The highest BCUT2D eigenvalue weighted by Gasteiger charge is 2.18. The monoisotopic (exact) mass is 325 g/mol. The first-order valence-corrected chi connectivity index (χ1v) is 8.69. The van der Waals surface area contributed by atoms with Gasteiger partial charge in [0, 0.05) is 17.8 Å². The lowest BCUT2D eigenvalue weighted by Gasteiger charge is -2.10. The van der Waals surface area contributed by atoms with Crippen molar-refractivity contribution < 1.29 is 4.79 Å². The number of aromatic nitrogens is 4. The topological polar surface area (TPSA) is 72.7 Å². The van der Waals surface area contributed by atoms with E-state index in [4.69, 9.17) is 0 Å². The van der Waals surface area contributed by atoms with Crippen LogP contribution < -0.4 is 5.32 Å². The fourth-order valence-corrected chi connectivity index (χ4v) is 3.23. The van der Waals surface area contributed by atoms with Crippen molar-refractivity contribution in [1.29, 1.82) is 0 Å². The molecule has 1 amide bonds. The summed E-state index contributed by atoms with van der Waals surface area (Å²) in [5, 5.41) is 17.1. The van der Waals surface area contributed by atoms with Crippen LogP contribution in [0, 0.1) is 0 Å². The number of carbonyl (C=O) groups excluding carboxylic acids is 1. The first kappa shape index (κ1) is 16.0. The Balaban J connectivity index is 1.89. The Morgan fingerprint density at radius 2 is 2.43 bits per heavy atom. The van der Waals surface area contributed by atoms with E-state index in [-0.39, 0.29) is 11.2 Å². The Bertz CT molecular complexity index is 555. The molecule has 0 unspecified atom stereocenters. The lowest BCUT2D eigenvalue weighted by Crippen LogP contribution is -2.31. The van der Waals surface area contributed by atoms with E-state index in [9.17, 15) is 4.79 Å². The summed E-state index contributed by atoms with van der Waals surface area (Å²) >= 11 is 3.12. The molecular weight excluding hydrogens is 306 g/mol. The van der Waals surface area contributed by atoms with Crippen LogP contribution >= 0.6 is 23.1 Å². The number of carbonyl (C=O) groups is 1. The van der Waals surface area contributed by atoms with Crippen molar-refractivity contribution in [3.63, 3.8) is 0 Å². The minimum absolute atomic E-state index is 0.0228. The van der Waals surface area contributed by atoms with E-state index in [1.54, 1.807) is 16.0 Å². The fraction of sp³-hybridized carbons (Fsp3) is 0.538. The molecule has 0 saturated carbocycles. The van der Waals surface area contributed by atoms with E-state index >= 15 is 0 Å². The SMILES string of the molecule is CCCNC(=O)[C@@H](C)Sc1nnnn1CCc1cccs1. The summed E-state index contributed by atoms with van der Waals surface area (Å²) in [6.45, 7) is 5.32. The molecule has 6 nitrogen and oxygen atoms in total. The number of hydrogen-bond acceptors (Lipinski definition) is 6. The number of tetrazole rings is 1. The third kappa shape index (κ3) is 4.82. The maximum atomic E-state index is 11.9. The van der Waals surface area contributed by atoms with Gasteiger partial charge in [0.2, 0.25) is 11.1 Å². The predicted molar refractivity (Wildman–Crippen MR) is 84.5 cm³/mol. The number of thioether (sulfide) groups is 1. The van der Waals surface area contributed by atoms with Gasteiger partial charge in [0.15, 0.2) is 0 Å². The van der Waals surface area contributed by atoms with E-state index in [0.717, 1.165) is 19.4 Å². The second-order valence-electron chi connectivity index (χ2n) is 4.57. The minimum Gasteiger partial charge on any atom is -0.355 e. The van der Waals surface area contributed by atoms with Gasteiger partial charge in [0.25, 0.3) is 0 Å². The lowest BCUT2D eigenvalue weighted by atomic mass is 10.3. The van der Waals surface area contributed by atoms with Crippen molar-refractivity contribution in [3.8, 4) is 0 Å².